The van der Waals surface area contributed by atoms with Crippen LogP contribution in [-0.4, -0.2) is 56.4 Å². The van der Waals surface area contributed by atoms with Crippen LogP contribution in [0.1, 0.15) is 18.5 Å². The number of thioether (sulfide) groups is 1. The minimum Gasteiger partial charge on any atom is -0.353 e. The van der Waals surface area contributed by atoms with Gasteiger partial charge in [-0.3, -0.25) is 4.79 Å². The lowest BCUT2D eigenvalue weighted by molar-refractivity contribution is -0.120. The molecule has 5 rings (SSSR count). The standard InChI is InChI=1S/C21H21ClN8OS/c1-12(25-20-28-21(32-2)26-16-6-7-24-30(16)20)14-10-13-4-3-5-15(22)18(13)27-19(14)29-9-8-23-17(31)11-29/h3-7,10,12H,8-9,11H2,1-2H3,(H,23,31)(H,25,26,28). The second-order valence-corrected chi connectivity index (χ2v) is 8.67. The molecule has 1 aromatic carbocycles. The summed E-state index contributed by atoms with van der Waals surface area (Å²) in [6.07, 6.45) is 3.63. The van der Waals surface area contributed by atoms with Crippen molar-refractivity contribution in [1.29, 1.82) is 0 Å². The van der Waals surface area contributed by atoms with Crippen LogP contribution in [0.15, 0.2) is 41.7 Å². The molecule has 11 heteroatoms. The Hall–Kier alpha value is -3.11. The number of nitrogens with one attached hydrogen (secondary N) is 2. The number of para-hydroxylation sites is 1. The van der Waals surface area contributed by atoms with E-state index in [-0.39, 0.29) is 18.5 Å². The topological polar surface area (TPSA) is 100 Å². The predicted molar refractivity (Wildman–Crippen MR) is 127 cm³/mol. The van der Waals surface area contributed by atoms with Crippen molar-refractivity contribution in [3.05, 3.63) is 47.1 Å². The van der Waals surface area contributed by atoms with Gasteiger partial charge in [0, 0.05) is 30.1 Å². The molecule has 1 aliphatic heterocycles. The molecular formula is C21H21ClN8OS. The van der Waals surface area contributed by atoms with Crippen molar-refractivity contribution in [1.82, 2.24) is 29.9 Å². The quantitative estimate of drug-likeness (QED) is 0.431. The van der Waals surface area contributed by atoms with Crippen molar-refractivity contribution in [2.24, 2.45) is 0 Å². The van der Waals surface area contributed by atoms with Crippen LogP contribution in [0.4, 0.5) is 11.8 Å². The molecule has 32 heavy (non-hydrogen) atoms. The number of anilines is 2. The zero-order chi connectivity index (χ0) is 22.2. The van der Waals surface area contributed by atoms with E-state index in [1.165, 1.54) is 11.8 Å². The van der Waals surface area contributed by atoms with Crippen molar-refractivity contribution in [2.45, 2.75) is 18.1 Å². The zero-order valence-corrected chi connectivity index (χ0v) is 19.1. The van der Waals surface area contributed by atoms with Gasteiger partial charge in [-0.1, -0.05) is 35.5 Å². The zero-order valence-electron chi connectivity index (χ0n) is 17.5. The maximum atomic E-state index is 12.1. The highest BCUT2D eigenvalue weighted by Gasteiger charge is 2.24. The van der Waals surface area contributed by atoms with Gasteiger partial charge in [0.25, 0.3) is 0 Å². The Balaban J connectivity index is 1.60. The molecule has 9 nitrogen and oxygen atoms in total. The Kier molecular flexibility index (Phi) is 5.48. The lowest BCUT2D eigenvalue weighted by Gasteiger charge is -2.31. The number of amides is 1. The molecule has 3 aromatic heterocycles. The summed E-state index contributed by atoms with van der Waals surface area (Å²) < 4.78 is 1.68. The van der Waals surface area contributed by atoms with Crippen molar-refractivity contribution in [3.63, 3.8) is 0 Å². The van der Waals surface area contributed by atoms with Crippen LogP contribution in [0.3, 0.4) is 0 Å². The number of benzene rings is 1. The first-order chi connectivity index (χ1) is 15.5. The van der Waals surface area contributed by atoms with Crippen LogP contribution in [0.25, 0.3) is 16.6 Å². The Morgan fingerprint density at radius 1 is 1.25 bits per heavy atom. The first-order valence-electron chi connectivity index (χ1n) is 10.2. The normalized spacial score (nSPS) is 15.2. The summed E-state index contributed by atoms with van der Waals surface area (Å²) in [6, 6.07) is 9.45. The van der Waals surface area contributed by atoms with E-state index in [0.717, 1.165) is 22.4 Å². The van der Waals surface area contributed by atoms with Gasteiger partial charge >= 0.3 is 0 Å². The van der Waals surface area contributed by atoms with Gasteiger partial charge in [0.2, 0.25) is 11.9 Å². The smallest absolute Gasteiger partial charge is 0.239 e. The number of nitrogens with zero attached hydrogens (tertiary/aromatic N) is 6. The molecule has 2 N–H and O–H groups in total. The van der Waals surface area contributed by atoms with E-state index in [0.29, 0.717) is 34.7 Å². The minimum atomic E-state index is -0.178. The molecule has 1 saturated heterocycles. The van der Waals surface area contributed by atoms with E-state index >= 15 is 0 Å². The van der Waals surface area contributed by atoms with Crippen LogP contribution < -0.4 is 15.5 Å². The number of aromatic nitrogens is 5. The summed E-state index contributed by atoms with van der Waals surface area (Å²) in [5.41, 5.74) is 2.38. The second kappa shape index (κ2) is 8.44. The number of carbonyl (C=O) groups is 1. The van der Waals surface area contributed by atoms with E-state index in [2.05, 4.69) is 31.8 Å². The fraction of sp³-hybridized carbons (Fsp3) is 0.286. The van der Waals surface area contributed by atoms with Gasteiger partial charge in [0.05, 0.1) is 29.3 Å². The lowest BCUT2D eigenvalue weighted by atomic mass is 10.0. The van der Waals surface area contributed by atoms with Gasteiger partial charge in [0.15, 0.2) is 10.8 Å². The van der Waals surface area contributed by atoms with E-state index in [1.807, 2.05) is 42.3 Å². The average molecular weight is 469 g/mol. The average Bonchev–Trinajstić information content (AvgIpc) is 3.27. The van der Waals surface area contributed by atoms with Crippen LogP contribution in [0.5, 0.6) is 0 Å². The van der Waals surface area contributed by atoms with Gasteiger partial charge in [-0.05, 0) is 25.3 Å². The van der Waals surface area contributed by atoms with E-state index in [9.17, 15) is 4.79 Å². The molecule has 1 atom stereocenters. The van der Waals surface area contributed by atoms with Gasteiger partial charge in [0.1, 0.15) is 5.82 Å². The molecule has 1 aliphatic rings. The molecule has 1 unspecified atom stereocenters. The lowest BCUT2D eigenvalue weighted by Crippen LogP contribution is -2.48. The number of hydrogen-bond donors (Lipinski definition) is 2. The predicted octanol–water partition coefficient (Wildman–Crippen LogP) is 3.16. The highest BCUT2D eigenvalue weighted by molar-refractivity contribution is 7.98. The maximum Gasteiger partial charge on any atom is 0.239 e. The fourth-order valence-electron chi connectivity index (χ4n) is 3.82. The van der Waals surface area contributed by atoms with E-state index in [1.54, 1.807) is 10.7 Å². The summed E-state index contributed by atoms with van der Waals surface area (Å²) in [5, 5.41) is 12.9. The molecule has 0 bridgehead atoms. The molecule has 1 amide bonds. The summed E-state index contributed by atoms with van der Waals surface area (Å²) >= 11 is 7.91. The number of piperazine rings is 1. The van der Waals surface area contributed by atoms with Crippen molar-refractivity contribution < 1.29 is 4.79 Å². The van der Waals surface area contributed by atoms with E-state index < -0.39 is 0 Å². The highest BCUT2D eigenvalue weighted by Crippen LogP contribution is 2.33. The number of hydrogen-bond acceptors (Lipinski definition) is 8. The molecule has 0 saturated carbocycles. The number of fused-ring (bicyclic) bond motifs is 2. The highest BCUT2D eigenvalue weighted by atomic mass is 35.5. The van der Waals surface area contributed by atoms with Gasteiger partial charge in [-0.2, -0.15) is 14.6 Å². The third kappa shape index (κ3) is 3.80. The SMILES string of the molecule is CSc1nc(NC(C)c2cc3cccc(Cl)c3nc2N2CCNC(=O)C2)n2nccc2n1. The Bertz CT molecular complexity index is 1330. The van der Waals surface area contributed by atoms with E-state index in [4.69, 9.17) is 16.6 Å². The molecule has 4 heterocycles. The molecule has 0 spiro atoms. The third-order valence-electron chi connectivity index (χ3n) is 5.37. The minimum absolute atomic E-state index is 0.0254. The fourth-order valence-corrected chi connectivity index (χ4v) is 4.41. The van der Waals surface area contributed by atoms with Crippen LogP contribution in [0.2, 0.25) is 5.02 Å². The number of halogens is 1. The molecule has 0 radical (unpaired) electrons. The Morgan fingerprint density at radius 3 is 2.94 bits per heavy atom. The monoisotopic (exact) mass is 468 g/mol. The van der Waals surface area contributed by atoms with Crippen LogP contribution in [-0.2, 0) is 4.79 Å². The van der Waals surface area contributed by atoms with Gasteiger partial charge in [-0.15, -0.1) is 0 Å². The number of rotatable bonds is 5. The summed E-state index contributed by atoms with van der Waals surface area (Å²) in [7, 11) is 0. The maximum absolute atomic E-state index is 12.1. The van der Waals surface area contributed by atoms with Crippen LogP contribution >= 0.6 is 23.4 Å². The second-order valence-electron chi connectivity index (χ2n) is 7.49. The Labute approximate surface area is 193 Å². The number of carbonyl (C=O) groups excluding carboxylic acids is 1. The van der Waals surface area contributed by atoms with Gasteiger partial charge in [-0.25, -0.2) is 9.97 Å². The summed E-state index contributed by atoms with van der Waals surface area (Å²) in [4.78, 5) is 28.1. The van der Waals surface area contributed by atoms with Crippen molar-refractivity contribution >= 4 is 57.6 Å². The third-order valence-corrected chi connectivity index (χ3v) is 6.23. The molecule has 0 aliphatic carbocycles. The van der Waals surface area contributed by atoms with Crippen molar-refractivity contribution in [2.75, 3.05) is 36.1 Å². The van der Waals surface area contributed by atoms with Crippen LogP contribution in [0, 0.1) is 0 Å². The first-order valence-corrected chi connectivity index (χ1v) is 11.8. The summed E-state index contributed by atoms with van der Waals surface area (Å²) in [5.74, 6) is 1.30. The Morgan fingerprint density at radius 2 is 2.12 bits per heavy atom. The van der Waals surface area contributed by atoms with Gasteiger partial charge < -0.3 is 15.5 Å². The molecule has 164 valence electrons. The molecule has 4 aromatic rings. The largest absolute Gasteiger partial charge is 0.353 e. The molecular weight excluding hydrogens is 448 g/mol. The molecule has 1 fully saturated rings. The first kappa shape index (κ1) is 20.8. The van der Waals surface area contributed by atoms with Crippen molar-refractivity contribution in [3.8, 4) is 0 Å². The summed E-state index contributed by atoms with van der Waals surface area (Å²) in [6.45, 7) is 3.52. The number of pyridine rings is 1.